The number of sulfonamides is 1. The van der Waals surface area contributed by atoms with E-state index in [4.69, 9.17) is 4.74 Å². The van der Waals surface area contributed by atoms with Gasteiger partial charge in [0.2, 0.25) is 10.0 Å². The molecule has 3 rings (SSSR count). The molecule has 0 bridgehead atoms. The van der Waals surface area contributed by atoms with Gasteiger partial charge < -0.3 is 14.9 Å². The van der Waals surface area contributed by atoms with Gasteiger partial charge in [0.1, 0.15) is 16.4 Å². The van der Waals surface area contributed by atoms with Gasteiger partial charge in [-0.15, -0.1) is 0 Å². The summed E-state index contributed by atoms with van der Waals surface area (Å²) in [5.74, 6) is -0.646. The lowest BCUT2D eigenvalue weighted by molar-refractivity contribution is 0.0729. The average Bonchev–Trinajstić information content (AvgIpc) is 2.74. The van der Waals surface area contributed by atoms with Crippen molar-refractivity contribution in [3.63, 3.8) is 0 Å². The third-order valence-electron chi connectivity index (χ3n) is 6.68. The molecule has 2 N–H and O–H groups in total. The number of phenols is 2. The van der Waals surface area contributed by atoms with E-state index in [1.807, 2.05) is 19.9 Å². The second kappa shape index (κ2) is 10.4. The second-order valence-electron chi connectivity index (χ2n) is 9.15. The molecule has 178 valence electrons. The molecule has 32 heavy (non-hydrogen) atoms. The van der Waals surface area contributed by atoms with Gasteiger partial charge in [-0.05, 0) is 57.1 Å². The fourth-order valence-electron chi connectivity index (χ4n) is 4.89. The van der Waals surface area contributed by atoms with Crippen molar-refractivity contribution in [1.29, 1.82) is 0 Å². The van der Waals surface area contributed by atoms with Gasteiger partial charge in [0.25, 0.3) is 0 Å². The first-order chi connectivity index (χ1) is 15.2. The number of hydrogen-bond donors (Lipinski definition) is 2. The Labute approximate surface area is 192 Å². The fourth-order valence-corrected chi connectivity index (χ4v) is 6.63. The third-order valence-corrected chi connectivity index (χ3v) is 8.70. The van der Waals surface area contributed by atoms with Crippen LogP contribution in [0.5, 0.6) is 11.5 Å². The SMILES string of the molecule is C=C(C)C1CCC(C)=CC1c1c(O)cc(CCCCC)c(S(=O)(=O)N2CCOCC2)c1O. The summed E-state index contributed by atoms with van der Waals surface area (Å²) in [4.78, 5) is -0.0552. The average molecular weight is 464 g/mol. The Morgan fingerprint density at radius 2 is 1.94 bits per heavy atom. The Morgan fingerprint density at radius 3 is 2.56 bits per heavy atom. The van der Waals surface area contributed by atoms with Crippen molar-refractivity contribution in [2.45, 2.75) is 70.1 Å². The zero-order chi connectivity index (χ0) is 23.5. The van der Waals surface area contributed by atoms with Crippen LogP contribution >= 0.6 is 0 Å². The van der Waals surface area contributed by atoms with E-state index < -0.39 is 10.0 Å². The number of ether oxygens (including phenoxy) is 1. The van der Waals surface area contributed by atoms with Crippen molar-refractivity contribution in [1.82, 2.24) is 4.31 Å². The van der Waals surface area contributed by atoms with Crippen LogP contribution in [-0.4, -0.2) is 49.2 Å². The Balaban J connectivity index is 2.19. The van der Waals surface area contributed by atoms with Gasteiger partial charge in [-0.3, -0.25) is 0 Å². The topological polar surface area (TPSA) is 87.1 Å². The standard InChI is InChI=1S/C25H37NO5S/c1-5-6-7-8-19-16-22(27)23(21-15-18(4)9-10-20(21)17(2)3)24(28)25(19)32(29,30)26-11-13-31-14-12-26/h15-16,20-21,27-28H,2,5-14H2,1,3-4H3. The lowest BCUT2D eigenvalue weighted by Crippen LogP contribution is -2.41. The summed E-state index contributed by atoms with van der Waals surface area (Å²) in [7, 11) is -3.94. The number of hydrogen-bond acceptors (Lipinski definition) is 5. The van der Waals surface area contributed by atoms with Gasteiger partial charge in [-0.1, -0.05) is 43.6 Å². The van der Waals surface area contributed by atoms with E-state index in [1.165, 1.54) is 4.31 Å². The van der Waals surface area contributed by atoms with Crippen LogP contribution in [0.15, 0.2) is 34.8 Å². The highest BCUT2D eigenvalue weighted by atomic mass is 32.2. The Hall–Kier alpha value is -1.83. The van der Waals surface area contributed by atoms with Crippen molar-refractivity contribution >= 4 is 10.0 Å². The molecule has 1 aliphatic carbocycles. The molecule has 0 amide bonds. The summed E-state index contributed by atoms with van der Waals surface area (Å²) in [5, 5.41) is 22.5. The van der Waals surface area contributed by atoms with Gasteiger partial charge in [0.15, 0.2) is 0 Å². The summed E-state index contributed by atoms with van der Waals surface area (Å²) in [6.45, 7) is 11.3. The minimum Gasteiger partial charge on any atom is -0.507 e. The Bertz CT molecular complexity index is 977. The molecular formula is C25H37NO5S. The van der Waals surface area contributed by atoms with Crippen LogP contribution in [-0.2, 0) is 21.2 Å². The van der Waals surface area contributed by atoms with E-state index >= 15 is 0 Å². The number of nitrogens with zero attached hydrogens (tertiary/aromatic N) is 1. The Kier molecular flexibility index (Phi) is 8.06. The minimum atomic E-state index is -3.94. The molecule has 1 aromatic rings. The number of rotatable bonds is 8. The second-order valence-corrected chi connectivity index (χ2v) is 11.0. The van der Waals surface area contributed by atoms with Crippen LogP contribution in [0, 0.1) is 5.92 Å². The molecular weight excluding hydrogens is 426 g/mol. The minimum absolute atomic E-state index is 0.0281. The van der Waals surface area contributed by atoms with E-state index in [0.29, 0.717) is 30.8 Å². The molecule has 2 aliphatic rings. The highest BCUT2D eigenvalue weighted by Gasteiger charge is 2.37. The maximum Gasteiger partial charge on any atom is 0.247 e. The van der Waals surface area contributed by atoms with E-state index in [1.54, 1.807) is 6.07 Å². The highest BCUT2D eigenvalue weighted by molar-refractivity contribution is 7.89. The fraction of sp³-hybridized carbons (Fsp3) is 0.600. The first-order valence-electron chi connectivity index (χ1n) is 11.7. The molecule has 0 radical (unpaired) electrons. The van der Waals surface area contributed by atoms with Crippen LogP contribution < -0.4 is 0 Å². The summed E-state index contributed by atoms with van der Waals surface area (Å²) >= 11 is 0. The van der Waals surface area contributed by atoms with Crippen molar-refractivity contribution in [2.24, 2.45) is 5.92 Å². The monoisotopic (exact) mass is 463 g/mol. The van der Waals surface area contributed by atoms with Crippen molar-refractivity contribution < 1.29 is 23.4 Å². The molecule has 2 atom stereocenters. The molecule has 1 heterocycles. The quantitative estimate of drug-likeness (QED) is 0.424. The number of aromatic hydroxyl groups is 2. The molecule has 6 nitrogen and oxygen atoms in total. The van der Waals surface area contributed by atoms with Crippen LogP contribution in [0.2, 0.25) is 0 Å². The van der Waals surface area contributed by atoms with Crippen LogP contribution in [0.3, 0.4) is 0 Å². The number of aryl methyl sites for hydroxylation is 1. The number of allylic oxidation sites excluding steroid dienone is 3. The maximum absolute atomic E-state index is 13.7. The number of morpholine rings is 1. The summed E-state index contributed by atoms with van der Waals surface area (Å²) in [6.07, 6.45) is 7.03. The molecule has 7 heteroatoms. The van der Waals surface area contributed by atoms with Crippen molar-refractivity contribution in [2.75, 3.05) is 26.3 Å². The number of phenolic OH excluding ortho intramolecular Hbond substituents is 2. The van der Waals surface area contributed by atoms with Crippen molar-refractivity contribution in [3.05, 3.63) is 41.0 Å². The van der Waals surface area contributed by atoms with Gasteiger partial charge in [-0.25, -0.2) is 8.42 Å². The highest BCUT2D eigenvalue weighted by Crippen LogP contribution is 2.49. The maximum atomic E-state index is 13.7. The predicted molar refractivity (Wildman–Crippen MR) is 127 cm³/mol. The van der Waals surface area contributed by atoms with E-state index in [-0.39, 0.29) is 41.3 Å². The summed E-state index contributed by atoms with van der Waals surface area (Å²) in [5.41, 5.74) is 2.90. The van der Waals surface area contributed by atoms with Crippen LogP contribution in [0.4, 0.5) is 0 Å². The first-order valence-corrected chi connectivity index (χ1v) is 13.1. The van der Waals surface area contributed by atoms with E-state index in [9.17, 15) is 18.6 Å². The van der Waals surface area contributed by atoms with Crippen molar-refractivity contribution in [3.8, 4) is 11.5 Å². The Morgan fingerprint density at radius 1 is 1.25 bits per heavy atom. The normalized spacial score (nSPS) is 22.5. The van der Waals surface area contributed by atoms with Crippen LogP contribution in [0.25, 0.3) is 0 Å². The molecule has 0 saturated carbocycles. The molecule has 1 aromatic carbocycles. The molecule has 1 aliphatic heterocycles. The van der Waals surface area contributed by atoms with E-state index in [0.717, 1.165) is 43.3 Å². The number of unbranched alkanes of at least 4 members (excludes halogenated alkanes) is 2. The lowest BCUT2D eigenvalue weighted by atomic mass is 9.73. The zero-order valence-electron chi connectivity index (χ0n) is 19.6. The van der Waals surface area contributed by atoms with Gasteiger partial charge in [0.05, 0.1) is 13.2 Å². The summed E-state index contributed by atoms with van der Waals surface area (Å²) in [6, 6.07) is 1.56. The molecule has 1 fully saturated rings. The zero-order valence-corrected chi connectivity index (χ0v) is 20.4. The first kappa shape index (κ1) is 24.8. The largest absolute Gasteiger partial charge is 0.507 e. The smallest absolute Gasteiger partial charge is 0.247 e. The molecule has 1 saturated heterocycles. The number of benzene rings is 1. The third kappa shape index (κ3) is 5.05. The van der Waals surface area contributed by atoms with Crippen LogP contribution in [0.1, 0.15) is 69.9 Å². The molecule has 0 aromatic heterocycles. The molecule has 0 spiro atoms. The molecule has 2 unspecified atom stereocenters. The van der Waals surface area contributed by atoms with Gasteiger partial charge in [0, 0.05) is 24.6 Å². The lowest BCUT2D eigenvalue weighted by Gasteiger charge is -2.33. The van der Waals surface area contributed by atoms with Gasteiger partial charge >= 0.3 is 0 Å². The van der Waals surface area contributed by atoms with Gasteiger partial charge in [-0.2, -0.15) is 4.31 Å². The summed E-state index contributed by atoms with van der Waals surface area (Å²) < 4.78 is 34.1. The predicted octanol–water partition coefficient (Wildman–Crippen LogP) is 4.87. The van der Waals surface area contributed by atoms with E-state index in [2.05, 4.69) is 13.5 Å².